The molecule has 398 valence electrons. The third kappa shape index (κ3) is 12.7. The average Bonchev–Trinajstić information content (AvgIpc) is 3.88. The summed E-state index contributed by atoms with van der Waals surface area (Å²) in [5.74, 6) is -0.590. The molecule has 0 bridgehead atoms. The number of ether oxygens (including phenoxy) is 2. The van der Waals surface area contributed by atoms with Gasteiger partial charge in [-0.15, -0.1) is 0 Å². The van der Waals surface area contributed by atoms with Gasteiger partial charge in [0.2, 0.25) is 5.91 Å². The molecule has 9 N–H and O–H groups in total. The number of carbonyl (C=O) groups excluding carboxylic acids is 3. The van der Waals surface area contributed by atoms with Crippen LogP contribution >= 0.6 is 22.4 Å². The number of hydrogen-bond acceptors (Lipinski definition) is 17. The van der Waals surface area contributed by atoms with Gasteiger partial charge in [0.25, 0.3) is 5.91 Å². The number of alkyl carbamates (subject to hydrolysis) is 1. The van der Waals surface area contributed by atoms with Gasteiger partial charge in [0.05, 0.1) is 12.9 Å². The van der Waals surface area contributed by atoms with Crippen LogP contribution in [0, 0.1) is 0 Å². The summed E-state index contributed by atoms with van der Waals surface area (Å²) >= 11 is 4.09. The Hall–Kier alpha value is -5.56. The van der Waals surface area contributed by atoms with Crippen LogP contribution < -0.4 is 21.3 Å². The van der Waals surface area contributed by atoms with E-state index in [1.165, 1.54) is 10.9 Å². The smallest absolute Gasteiger partial charge is 0.439 e. The van der Waals surface area contributed by atoms with Crippen LogP contribution in [0.15, 0.2) is 84.5 Å². The number of amides is 3. The summed E-state index contributed by atoms with van der Waals surface area (Å²) in [6.45, 7) is -1.35. The number of imidazole rings is 1. The van der Waals surface area contributed by atoms with E-state index >= 15 is 0 Å². The first-order valence-electron chi connectivity index (χ1n) is 22.8. The molecule has 25 nitrogen and oxygen atoms in total. The molecule has 29 heteroatoms. The molecule has 6 atom stereocenters. The number of carbonyl (C=O) groups is 3. The number of nitrogen functional groups attached to an aromatic ring is 1. The van der Waals surface area contributed by atoms with Crippen LogP contribution in [0.5, 0.6) is 0 Å². The van der Waals surface area contributed by atoms with Gasteiger partial charge in [0.1, 0.15) is 38.1 Å². The molecule has 4 aromatic rings. The van der Waals surface area contributed by atoms with Crippen molar-refractivity contribution in [3.05, 3.63) is 107 Å². The van der Waals surface area contributed by atoms with Gasteiger partial charge in [-0.2, -0.15) is 4.31 Å². The van der Waals surface area contributed by atoms with E-state index in [1.54, 1.807) is 11.9 Å². The first kappa shape index (κ1) is 56.2. The predicted molar refractivity (Wildman–Crippen MR) is 274 cm³/mol. The molecule has 0 spiro atoms. The average molecular weight is 1100 g/mol. The van der Waals surface area contributed by atoms with E-state index in [4.69, 9.17) is 19.7 Å². The zero-order valence-corrected chi connectivity index (χ0v) is 44.8. The van der Waals surface area contributed by atoms with Crippen LogP contribution in [0.25, 0.3) is 16.7 Å². The molecule has 1 fully saturated rings. The number of nitrogens with zero attached hydrogens (tertiary/aromatic N) is 7. The number of phosphoric acid groups is 2. The number of nitrogens with one attached hydrogen (secondary N) is 2. The topological polar surface area (TPSA) is 336 Å². The third-order valence-corrected chi connectivity index (χ3v) is 16.7. The number of fused-ring (bicyclic) bond motifs is 3. The van der Waals surface area contributed by atoms with E-state index in [9.17, 15) is 48.2 Å². The molecule has 0 radical (unpaired) electrons. The quantitative estimate of drug-likeness (QED) is 0.0379. The Labute approximate surface area is 430 Å². The maximum Gasteiger partial charge on any atom is 0.488 e. The number of aromatic nitrogens is 4. The van der Waals surface area contributed by atoms with Gasteiger partial charge in [0, 0.05) is 76.0 Å². The summed E-state index contributed by atoms with van der Waals surface area (Å²) in [5.41, 5.74) is 14.5. The Morgan fingerprint density at radius 3 is 2.38 bits per heavy atom. The standard InChI is InChI=1S/C45H57N10O15P3S/c1-45(2)32-21-26(52(3)4)14-16-30(32)36(31-17-15-27(53(5)6)22-33(31)45)28-11-8-9-12-29(28)42(58)54(7)20-10-13-35(56)47-18-19-48-44(59)68-39-38(57)34(23-66-71(60,61)69-72(62,63)70-73(64,65)74)67-43(39)55-25-51-37-40(46)49-24-50-41(37)55/h8-9,11-12,14-17,21-22,24-25,34,38-39,43,57H,10,13,18-20,23H2,1-7H3,(H7-,46,47,48,49,50,56,59,60,61,62,63,64,65,74)/p+1/t34-,38-,39-,43-/m1/s1. The van der Waals surface area contributed by atoms with Crippen LogP contribution in [0.2, 0.25) is 0 Å². The minimum absolute atomic E-state index is 0.0221. The number of rotatable bonds is 19. The van der Waals surface area contributed by atoms with Gasteiger partial charge in [-0.25, -0.2) is 37.8 Å². The molecule has 7 rings (SSSR count). The second kappa shape index (κ2) is 22.3. The van der Waals surface area contributed by atoms with E-state index in [0.29, 0.717) is 12.0 Å². The van der Waals surface area contributed by atoms with Crippen molar-refractivity contribution in [3.63, 3.8) is 0 Å². The first-order valence-corrected chi connectivity index (χ1v) is 28.4. The number of benzene rings is 2. The summed E-state index contributed by atoms with van der Waals surface area (Å²) in [6.07, 6.45) is 1.56. The molecule has 1 saturated heterocycles. The van der Waals surface area contributed by atoms with Crippen molar-refractivity contribution >= 4 is 86.0 Å². The van der Waals surface area contributed by atoms with Gasteiger partial charge in [-0.05, 0) is 75.9 Å². The minimum atomic E-state index is -5.66. The zero-order chi connectivity index (χ0) is 54.1. The summed E-state index contributed by atoms with van der Waals surface area (Å²) in [4.78, 5) is 94.2. The summed E-state index contributed by atoms with van der Waals surface area (Å²) < 4.78 is 51.8. The fourth-order valence-corrected chi connectivity index (χ4v) is 12.5. The van der Waals surface area contributed by atoms with Crippen molar-refractivity contribution in [3.8, 4) is 0 Å². The third-order valence-electron chi connectivity index (χ3n) is 12.3. The largest absolute Gasteiger partial charge is 0.488 e. The van der Waals surface area contributed by atoms with Crippen molar-refractivity contribution in [1.29, 1.82) is 0 Å². The Balaban J connectivity index is 0.950. The second-order valence-electron chi connectivity index (χ2n) is 18.3. The predicted octanol–water partition coefficient (Wildman–Crippen LogP) is 3.26. The van der Waals surface area contributed by atoms with Crippen molar-refractivity contribution in [2.75, 3.05) is 72.1 Å². The molecule has 2 aromatic heterocycles. The fourth-order valence-electron chi connectivity index (χ4n) is 8.70. The Bertz CT molecular complexity index is 3140. The van der Waals surface area contributed by atoms with Crippen molar-refractivity contribution < 1.29 is 75.4 Å². The van der Waals surface area contributed by atoms with Crippen LogP contribution in [0.1, 0.15) is 60.0 Å². The number of hydrogen-bond donors (Lipinski definition) is 8. The molecule has 74 heavy (non-hydrogen) atoms. The normalized spacial score (nSPS) is 20.7. The number of nitrogens with two attached hydrogens (primary N) is 1. The lowest BCUT2D eigenvalue weighted by atomic mass is 9.64. The minimum Gasteiger partial charge on any atom is -0.439 e. The monoisotopic (exact) mass is 1100 g/mol. The molecule has 3 aliphatic rings. The number of aliphatic hydroxyl groups is 1. The van der Waals surface area contributed by atoms with Crippen molar-refractivity contribution in [1.82, 2.24) is 35.1 Å². The summed E-state index contributed by atoms with van der Waals surface area (Å²) in [5, 5.41) is 16.4. The number of aliphatic hydroxyl groups excluding tert-OH is 1. The van der Waals surface area contributed by atoms with E-state index in [0.717, 1.165) is 51.1 Å². The van der Waals surface area contributed by atoms with Gasteiger partial charge in [-0.1, -0.05) is 38.1 Å². The highest BCUT2D eigenvalue weighted by atomic mass is 32.5. The number of phosphoric ester groups is 1. The van der Waals surface area contributed by atoms with Gasteiger partial charge < -0.3 is 60.3 Å². The van der Waals surface area contributed by atoms with E-state index < -0.39 is 59.6 Å². The second-order valence-corrected chi connectivity index (χ2v) is 24.1. The maximum absolute atomic E-state index is 14.3. The highest BCUT2D eigenvalue weighted by molar-refractivity contribution is 8.08. The number of allylic oxidation sites excluding steroid dienone is 5. The SMILES string of the molecule is CN(CCCC(=O)NCCNC(=O)O[C@@H]1[C@H](O)[C@@H](COP(=O)(O)OP(=O)(O)OP(O)(O)=S)O[C@H]1n1cnc2c(N)ncnc21)C(=O)c1ccccc1C1=C2C=CC(=[N+](C)C)C=C2C(C)(C)c2cc(N(C)C)ccc21. The zero-order valence-electron chi connectivity index (χ0n) is 41.3. The molecule has 2 aromatic carbocycles. The molecule has 2 unspecified atom stereocenters. The number of anilines is 2. The van der Waals surface area contributed by atoms with Gasteiger partial charge >= 0.3 is 28.5 Å². The van der Waals surface area contributed by atoms with Crippen LogP contribution in [0.3, 0.4) is 0 Å². The Morgan fingerprint density at radius 1 is 0.959 bits per heavy atom. The van der Waals surface area contributed by atoms with Crippen LogP contribution in [-0.2, 0) is 53.8 Å². The Morgan fingerprint density at radius 2 is 1.68 bits per heavy atom. The highest BCUT2D eigenvalue weighted by Gasteiger charge is 2.50. The molecule has 3 heterocycles. The van der Waals surface area contributed by atoms with E-state index in [1.807, 2.05) is 52.5 Å². The lowest BCUT2D eigenvalue weighted by Crippen LogP contribution is -2.41. The van der Waals surface area contributed by atoms with Gasteiger partial charge in [0.15, 0.2) is 29.5 Å². The van der Waals surface area contributed by atoms with E-state index in [-0.39, 0.29) is 60.3 Å². The van der Waals surface area contributed by atoms with Crippen molar-refractivity contribution in [2.45, 2.75) is 56.6 Å². The molecular formula is C45H58N10O15P3S+. The molecule has 3 amide bonds. The first-order chi connectivity index (χ1) is 34.7. The molecule has 1 aliphatic heterocycles. The van der Waals surface area contributed by atoms with Crippen LogP contribution in [-0.4, -0.2) is 157 Å². The molecule has 0 saturated carbocycles. The van der Waals surface area contributed by atoms with Gasteiger partial charge in [-0.3, -0.25) is 18.7 Å². The molecular weight excluding hydrogens is 1050 g/mol. The maximum atomic E-state index is 14.3. The molecule has 2 aliphatic carbocycles. The fraction of sp³-hybridized carbons (Fsp3) is 0.400. The lowest BCUT2D eigenvalue weighted by Gasteiger charge is -2.39. The van der Waals surface area contributed by atoms with Crippen molar-refractivity contribution in [2.24, 2.45) is 0 Å². The van der Waals surface area contributed by atoms with Crippen LogP contribution in [0.4, 0.5) is 16.3 Å². The summed E-state index contributed by atoms with van der Waals surface area (Å²) in [7, 11) is -1.48. The summed E-state index contributed by atoms with van der Waals surface area (Å²) in [6, 6.07) is 14.0. The lowest BCUT2D eigenvalue weighted by molar-refractivity contribution is -0.462. The van der Waals surface area contributed by atoms with E-state index in [2.05, 4.69) is 106 Å². The Kier molecular flexibility index (Phi) is 17.0. The highest BCUT2D eigenvalue weighted by Crippen LogP contribution is 2.66.